The van der Waals surface area contributed by atoms with Crippen LogP contribution in [0.15, 0.2) is 33.2 Å². The Balaban J connectivity index is 2.20. The molecule has 0 bridgehead atoms. The van der Waals surface area contributed by atoms with Crippen LogP contribution in [0, 0.1) is 5.92 Å². The van der Waals surface area contributed by atoms with Crippen molar-refractivity contribution in [1.29, 1.82) is 0 Å². The smallest absolute Gasteiger partial charge is 0.308 e. The molecule has 0 aliphatic carbocycles. The second kappa shape index (κ2) is 5.66. The third-order valence-corrected chi connectivity index (χ3v) is 3.50. The standard InChI is InChI=1S/C14H14BrNO4/c1-8(14(18)19)7-16(2)13(17)12-6-9-5-10(15)3-4-11(9)20-12/h3-6,8H,7H2,1-2H3,(H,18,19). The first-order chi connectivity index (χ1) is 9.38. The molecular weight excluding hydrogens is 326 g/mol. The fourth-order valence-electron chi connectivity index (χ4n) is 1.88. The van der Waals surface area contributed by atoms with Gasteiger partial charge in [0.1, 0.15) is 5.58 Å². The molecule has 0 fully saturated rings. The molecule has 106 valence electrons. The summed E-state index contributed by atoms with van der Waals surface area (Å²) in [7, 11) is 1.56. The average Bonchev–Trinajstić information content (AvgIpc) is 2.80. The van der Waals surface area contributed by atoms with Crippen molar-refractivity contribution in [3.63, 3.8) is 0 Å². The molecule has 1 amide bonds. The third-order valence-electron chi connectivity index (χ3n) is 3.01. The van der Waals surface area contributed by atoms with Gasteiger partial charge in [-0.3, -0.25) is 9.59 Å². The lowest BCUT2D eigenvalue weighted by Gasteiger charge is -2.17. The summed E-state index contributed by atoms with van der Waals surface area (Å²) in [5.74, 6) is -1.68. The van der Waals surface area contributed by atoms with Gasteiger partial charge in [0.25, 0.3) is 5.91 Å². The first-order valence-electron chi connectivity index (χ1n) is 6.06. The molecular formula is C14H14BrNO4. The Morgan fingerprint density at radius 3 is 2.75 bits per heavy atom. The molecule has 2 aromatic rings. The minimum Gasteiger partial charge on any atom is -0.481 e. The Morgan fingerprint density at radius 2 is 2.10 bits per heavy atom. The number of nitrogens with zero attached hydrogens (tertiary/aromatic N) is 1. The van der Waals surface area contributed by atoms with E-state index in [1.165, 1.54) is 4.90 Å². The van der Waals surface area contributed by atoms with Crippen molar-refractivity contribution in [2.24, 2.45) is 5.92 Å². The third kappa shape index (κ3) is 3.01. The fraction of sp³-hybridized carbons (Fsp3) is 0.286. The van der Waals surface area contributed by atoms with Crippen molar-refractivity contribution < 1.29 is 19.1 Å². The minimum absolute atomic E-state index is 0.134. The van der Waals surface area contributed by atoms with E-state index < -0.39 is 11.9 Å². The van der Waals surface area contributed by atoms with Crippen molar-refractivity contribution in [3.8, 4) is 0 Å². The summed E-state index contributed by atoms with van der Waals surface area (Å²) in [6, 6.07) is 7.12. The molecule has 0 radical (unpaired) electrons. The molecule has 6 heteroatoms. The number of aliphatic carboxylic acids is 1. The predicted molar refractivity (Wildman–Crippen MR) is 77.7 cm³/mol. The van der Waals surface area contributed by atoms with E-state index in [0.717, 1.165) is 9.86 Å². The summed E-state index contributed by atoms with van der Waals surface area (Å²) in [5, 5.41) is 9.68. The fourth-order valence-corrected chi connectivity index (χ4v) is 2.26. The molecule has 1 unspecified atom stereocenters. The van der Waals surface area contributed by atoms with Gasteiger partial charge in [-0.1, -0.05) is 22.9 Å². The number of amides is 1. The number of carbonyl (C=O) groups excluding carboxylic acids is 1. The van der Waals surface area contributed by atoms with Crippen molar-refractivity contribution in [3.05, 3.63) is 34.5 Å². The Kier molecular flexibility index (Phi) is 4.13. The summed E-state index contributed by atoms with van der Waals surface area (Å²) >= 11 is 3.35. The van der Waals surface area contributed by atoms with Crippen LogP contribution in [0.25, 0.3) is 11.0 Å². The summed E-state index contributed by atoms with van der Waals surface area (Å²) in [6.45, 7) is 1.69. The van der Waals surface area contributed by atoms with Crippen molar-refractivity contribution in [2.45, 2.75) is 6.92 Å². The molecule has 5 nitrogen and oxygen atoms in total. The van der Waals surface area contributed by atoms with E-state index in [1.54, 1.807) is 26.1 Å². The largest absolute Gasteiger partial charge is 0.481 e. The minimum atomic E-state index is -0.932. The first kappa shape index (κ1) is 14.6. The lowest BCUT2D eigenvalue weighted by Crippen LogP contribution is -2.33. The number of hydrogen-bond donors (Lipinski definition) is 1. The number of carboxylic acids is 1. The molecule has 0 aliphatic heterocycles. The number of hydrogen-bond acceptors (Lipinski definition) is 3. The zero-order chi connectivity index (χ0) is 14.9. The molecule has 0 saturated heterocycles. The quantitative estimate of drug-likeness (QED) is 0.929. The maximum atomic E-state index is 12.2. The molecule has 0 spiro atoms. The second-order valence-corrected chi connectivity index (χ2v) is 5.63. The molecule has 1 aromatic heterocycles. The predicted octanol–water partition coefficient (Wildman–Crippen LogP) is 2.99. The molecule has 0 saturated carbocycles. The highest BCUT2D eigenvalue weighted by Gasteiger charge is 2.21. The van der Waals surface area contributed by atoms with Gasteiger partial charge in [0.15, 0.2) is 5.76 Å². The number of carboxylic acid groups (broad SMARTS) is 1. The molecule has 1 atom stereocenters. The highest BCUT2D eigenvalue weighted by Crippen LogP contribution is 2.24. The molecule has 1 heterocycles. The van der Waals surface area contributed by atoms with Crippen molar-refractivity contribution in [2.75, 3.05) is 13.6 Å². The topological polar surface area (TPSA) is 70.8 Å². The van der Waals surface area contributed by atoms with Crippen LogP contribution in [0.1, 0.15) is 17.5 Å². The number of benzene rings is 1. The van der Waals surface area contributed by atoms with Crippen molar-refractivity contribution in [1.82, 2.24) is 4.90 Å². The maximum absolute atomic E-state index is 12.2. The SMILES string of the molecule is CC(CN(C)C(=O)c1cc2cc(Br)ccc2o1)C(=O)O. The zero-order valence-electron chi connectivity index (χ0n) is 11.1. The molecule has 20 heavy (non-hydrogen) atoms. The Hall–Kier alpha value is -1.82. The molecule has 2 rings (SSSR count). The van der Waals surface area contributed by atoms with E-state index in [2.05, 4.69) is 15.9 Å². The van der Waals surface area contributed by atoms with E-state index >= 15 is 0 Å². The van der Waals surface area contributed by atoms with Crippen LogP contribution in [0.2, 0.25) is 0 Å². The first-order valence-corrected chi connectivity index (χ1v) is 6.85. The normalized spacial score (nSPS) is 12.3. The highest BCUT2D eigenvalue weighted by atomic mass is 79.9. The van der Waals surface area contributed by atoms with Crippen LogP contribution < -0.4 is 0 Å². The van der Waals surface area contributed by atoms with E-state index in [0.29, 0.717) is 5.58 Å². The Morgan fingerprint density at radius 1 is 1.40 bits per heavy atom. The summed E-state index contributed by atoms with van der Waals surface area (Å²) < 4.78 is 6.39. The second-order valence-electron chi connectivity index (χ2n) is 4.72. The van der Waals surface area contributed by atoms with Gasteiger partial charge < -0.3 is 14.4 Å². The van der Waals surface area contributed by atoms with E-state index in [4.69, 9.17) is 9.52 Å². The van der Waals surface area contributed by atoms with Gasteiger partial charge in [0, 0.05) is 23.5 Å². The van der Waals surface area contributed by atoms with Crippen LogP contribution >= 0.6 is 15.9 Å². The lowest BCUT2D eigenvalue weighted by molar-refractivity contribution is -0.141. The van der Waals surface area contributed by atoms with Crippen LogP contribution in [0.3, 0.4) is 0 Å². The molecule has 0 aliphatic rings. The van der Waals surface area contributed by atoms with Crippen molar-refractivity contribution >= 4 is 38.8 Å². The van der Waals surface area contributed by atoms with Gasteiger partial charge in [-0.25, -0.2) is 0 Å². The summed E-state index contributed by atoms with van der Waals surface area (Å²) in [5.41, 5.74) is 0.622. The van der Waals surface area contributed by atoms with Gasteiger partial charge in [0.05, 0.1) is 5.92 Å². The Bertz CT molecular complexity index is 664. The molecule has 1 aromatic carbocycles. The number of furan rings is 1. The van der Waals surface area contributed by atoms with Crippen LogP contribution in [-0.4, -0.2) is 35.5 Å². The maximum Gasteiger partial charge on any atom is 0.308 e. The zero-order valence-corrected chi connectivity index (χ0v) is 12.7. The van der Waals surface area contributed by atoms with E-state index in [-0.39, 0.29) is 18.2 Å². The van der Waals surface area contributed by atoms with E-state index in [9.17, 15) is 9.59 Å². The monoisotopic (exact) mass is 339 g/mol. The number of carbonyl (C=O) groups is 2. The van der Waals surface area contributed by atoms with Crippen LogP contribution in [-0.2, 0) is 4.79 Å². The Labute approximate surface area is 124 Å². The summed E-state index contributed by atoms with van der Waals surface area (Å²) in [4.78, 5) is 24.3. The van der Waals surface area contributed by atoms with Crippen LogP contribution in [0.4, 0.5) is 0 Å². The van der Waals surface area contributed by atoms with Gasteiger partial charge in [-0.2, -0.15) is 0 Å². The van der Waals surface area contributed by atoms with Gasteiger partial charge in [-0.15, -0.1) is 0 Å². The lowest BCUT2D eigenvalue weighted by atomic mass is 10.1. The van der Waals surface area contributed by atoms with Gasteiger partial charge in [0.2, 0.25) is 0 Å². The van der Waals surface area contributed by atoms with Crippen LogP contribution in [0.5, 0.6) is 0 Å². The number of rotatable bonds is 4. The highest BCUT2D eigenvalue weighted by molar-refractivity contribution is 9.10. The average molecular weight is 340 g/mol. The number of fused-ring (bicyclic) bond motifs is 1. The molecule has 1 N–H and O–H groups in total. The van der Waals surface area contributed by atoms with Gasteiger partial charge in [-0.05, 0) is 24.3 Å². The number of halogens is 1. The van der Waals surface area contributed by atoms with E-state index in [1.807, 2.05) is 12.1 Å². The van der Waals surface area contributed by atoms with Gasteiger partial charge >= 0.3 is 5.97 Å². The summed E-state index contributed by atoms with van der Waals surface area (Å²) in [6.07, 6.45) is 0.